The van der Waals surface area contributed by atoms with Crippen LogP contribution in [0, 0.1) is 5.92 Å². The monoisotopic (exact) mass is 400 g/mol. The van der Waals surface area contributed by atoms with Crippen molar-refractivity contribution in [1.29, 1.82) is 0 Å². The van der Waals surface area contributed by atoms with Crippen LogP contribution in [-0.2, 0) is 4.79 Å². The van der Waals surface area contributed by atoms with Crippen molar-refractivity contribution >= 4 is 35.9 Å². The van der Waals surface area contributed by atoms with Crippen LogP contribution >= 0.6 is 0 Å². The standard InChI is InChI=1S/C17H20O6Se/c1-5-23-11-6-7-12-13(14(11)21-3)15(22-4)16(24-12)10(18)8-9(2)17(19)20/h6-7,9H,5,8H2,1-4H3,(H,19,20). The Hall–Kier alpha value is -1.98. The summed E-state index contributed by atoms with van der Waals surface area (Å²) in [6.07, 6.45) is -0.0477. The molecule has 0 saturated carbocycles. The van der Waals surface area contributed by atoms with Gasteiger partial charge in [0.1, 0.15) is 0 Å². The van der Waals surface area contributed by atoms with Crippen LogP contribution in [0.25, 0.3) is 9.65 Å². The molecule has 1 N–H and O–H groups in total. The molecule has 2 aromatic rings. The molecule has 6 nitrogen and oxygen atoms in total. The van der Waals surface area contributed by atoms with E-state index in [0.29, 0.717) is 28.3 Å². The number of methoxy groups -OCH3 is 2. The van der Waals surface area contributed by atoms with Crippen molar-refractivity contribution in [2.75, 3.05) is 20.8 Å². The molecule has 1 unspecified atom stereocenters. The molecule has 0 bridgehead atoms. The van der Waals surface area contributed by atoms with Crippen molar-refractivity contribution in [3.8, 4) is 17.2 Å². The van der Waals surface area contributed by atoms with Crippen molar-refractivity contribution in [1.82, 2.24) is 0 Å². The van der Waals surface area contributed by atoms with Gasteiger partial charge in [-0.25, -0.2) is 0 Å². The van der Waals surface area contributed by atoms with Gasteiger partial charge in [0.05, 0.1) is 0 Å². The topological polar surface area (TPSA) is 82.1 Å². The first-order valence-corrected chi connectivity index (χ1v) is 9.22. The van der Waals surface area contributed by atoms with E-state index in [9.17, 15) is 9.59 Å². The van der Waals surface area contributed by atoms with E-state index in [1.165, 1.54) is 14.0 Å². The van der Waals surface area contributed by atoms with Crippen LogP contribution in [0.5, 0.6) is 17.2 Å². The summed E-state index contributed by atoms with van der Waals surface area (Å²) >= 11 is -0.256. The Bertz CT molecular complexity index is 764. The fourth-order valence-electron chi connectivity index (χ4n) is 2.42. The number of carbonyl (C=O) groups excluding carboxylic acids is 1. The van der Waals surface area contributed by atoms with Gasteiger partial charge in [0.15, 0.2) is 0 Å². The van der Waals surface area contributed by atoms with Crippen LogP contribution in [-0.4, -0.2) is 52.2 Å². The van der Waals surface area contributed by atoms with E-state index in [4.69, 9.17) is 19.3 Å². The summed E-state index contributed by atoms with van der Waals surface area (Å²) in [7, 11) is 3.05. The molecular weight excluding hydrogens is 379 g/mol. The summed E-state index contributed by atoms with van der Waals surface area (Å²) in [5.41, 5.74) is 0. The van der Waals surface area contributed by atoms with Crippen LogP contribution < -0.4 is 14.2 Å². The van der Waals surface area contributed by atoms with Crippen LogP contribution in [0.3, 0.4) is 0 Å². The van der Waals surface area contributed by atoms with Gasteiger partial charge in [-0.15, -0.1) is 0 Å². The van der Waals surface area contributed by atoms with Gasteiger partial charge in [0.2, 0.25) is 0 Å². The molecule has 1 atom stereocenters. The van der Waals surface area contributed by atoms with E-state index in [0.717, 1.165) is 9.65 Å². The van der Waals surface area contributed by atoms with E-state index < -0.39 is 11.9 Å². The molecule has 7 heteroatoms. The van der Waals surface area contributed by atoms with Crippen molar-refractivity contribution in [2.24, 2.45) is 5.92 Å². The third kappa shape index (κ3) is 3.42. The van der Waals surface area contributed by atoms with Gasteiger partial charge < -0.3 is 0 Å². The maximum absolute atomic E-state index is 12.6. The third-order valence-electron chi connectivity index (χ3n) is 3.60. The van der Waals surface area contributed by atoms with E-state index in [1.807, 2.05) is 19.1 Å². The fraction of sp³-hybridized carbons (Fsp3) is 0.412. The molecular formula is C17H20O6Se. The minimum atomic E-state index is -0.984. The zero-order valence-electron chi connectivity index (χ0n) is 14.0. The van der Waals surface area contributed by atoms with Crippen molar-refractivity contribution in [3.05, 3.63) is 16.6 Å². The van der Waals surface area contributed by atoms with Gasteiger partial charge in [0.25, 0.3) is 0 Å². The Kier molecular flexibility index (Phi) is 5.91. The van der Waals surface area contributed by atoms with Gasteiger partial charge in [-0.1, -0.05) is 0 Å². The third-order valence-corrected chi connectivity index (χ3v) is 6.07. The molecule has 0 aliphatic heterocycles. The SMILES string of the molecule is CCOc1ccc2[se]c(C(=O)CC(C)C(=O)O)c(OC)c2c1OC. The quantitative estimate of drug-likeness (QED) is 0.543. The molecule has 0 amide bonds. The summed E-state index contributed by atoms with van der Waals surface area (Å²) in [5.74, 6) is -0.312. The first-order chi connectivity index (χ1) is 11.4. The number of hydrogen-bond donors (Lipinski definition) is 1. The van der Waals surface area contributed by atoms with E-state index >= 15 is 0 Å². The number of Topliss-reactive ketones (excluding diaryl/α,β-unsaturated/α-hetero) is 1. The average Bonchev–Trinajstić information content (AvgIpc) is 2.93. The Morgan fingerprint density at radius 2 is 1.88 bits per heavy atom. The predicted molar refractivity (Wildman–Crippen MR) is 90.9 cm³/mol. The molecule has 2 rings (SSSR count). The normalized spacial score (nSPS) is 12.0. The Morgan fingerprint density at radius 3 is 2.42 bits per heavy atom. The van der Waals surface area contributed by atoms with E-state index in [2.05, 4.69) is 0 Å². The predicted octanol–water partition coefficient (Wildman–Crippen LogP) is 2.61. The second-order valence-corrected chi connectivity index (χ2v) is 7.44. The molecule has 0 spiro atoms. The van der Waals surface area contributed by atoms with Crippen molar-refractivity contribution < 1.29 is 28.9 Å². The molecule has 0 fully saturated rings. The van der Waals surface area contributed by atoms with Gasteiger partial charge in [0, 0.05) is 0 Å². The van der Waals surface area contributed by atoms with Crippen LogP contribution in [0.1, 0.15) is 29.5 Å². The molecule has 0 saturated heterocycles. The number of carboxylic acids is 1. The minimum absolute atomic E-state index is 0.0477. The Morgan fingerprint density at radius 1 is 1.21 bits per heavy atom. The zero-order valence-corrected chi connectivity index (χ0v) is 15.8. The molecule has 0 aliphatic carbocycles. The Balaban J connectivity index is 2.56. The molecule has 1 heterocycles. The maximum atomic E-state index is 12.6. The van der Waals surface area contributed by atoms with Gasteiger partial charge >= 0.3 is 146 Å². The number of carboxylic acid groups (broad SMARTS) is 1. The average molecular weight is 399 g/mol. The molecule has 0 radical (unpaired) electrons. The number of carbonyl (C=O) groups is 2. The zero-order chi connectivity index (χ0) is 17.9. The number of hydrogen-bond acceptors (Lipinski definition) is 5. The Labute approximate surface area is 146 Å². The second kappa shape index (κ2) is 7.73. The van der Waals surface area contributed by atoms with Crippen molar-refractivity contribution in [2.45, 2.75) is 20.3 Å². The first-order valence-electron chi connectivity index (χ1n) is 7.50. The number of ether oxygens (including phenoxy) is 3. The van der Waals surface area contributed by atoms with Gasteiger partial charge in [-0.3, -0.25) is 0 Å². The van der Waals surface area contributed by atoms with Crippen LogP contribution in [0.2, 0.25) is 0 Å². The van der Waals surface area contributed by atoms with E-state index in [1.54, 1.807) is 7.11 Å². The number of benzene rings is 1. The summed E-state index contributed by atoms with van der Waals surface area (Å²) in [5, 5.41) is 9.75. The number of aliphatic carboxylic acids is 1. The number of rotatable bonds is 8. The summed E-state index contributed by atoms with van der Waals surface area (Å²) in [6.45, 7) is 3.90. The molecule has 0 aliphatic rings. The molecule has 130 valence electrons. The van der Waals surface area contributed by atoms with E-state index in [-0.39, 0.29) is 26.7 Å². The fourth-order valence-corrected chi connectivity index (χ4v) is 4.77. The number of fused-ring (bicyclic) bond motifs is 1. The van der Waals surface area contributed by atoms with Crippen LogP contribution in [0.4, 0.5) is 0 Å². The van der Waals surface area contributed by atoms with Gasteiger partial charge in [-0.2, -0.15) is 0 Å². The summed E-state index contributed by atoms with van der Waals surface area (Å²) in [6, 6.07) is 3.73. The van der Waals surface area contributed by atoms with Gasteiger partial charge in [-0.05, 0) is 0 Å². The molecule has 1 aromatic heterocycles. The van der Waals surface area contributed by atoms with Crippen LogP contribution in [0.15, 0.2) is 12.1 Å². The number of ketones is 1. The first kappa shape index (κ1) is 18.4. The summed E-state index contributed by atoms with van der Waals surface area (Å²) in [4.78, 5) is 23.6. The van der Waals surface area contributed by atoms with Crippen molar-refractivity contribution in [3.63, 3.8) is 0 Å². The summed E-state index contributed by atoms with van der Waals surface area (Å²) < 4.78 is 18.1. The molecule has 1 aromatic carbocycles. The second-order valence-electron chi connectivity index (χ2n) is 5.23. The molecule has 24 heavy (non-hydrogen) atoms.